The van der Waals surface area contributed by atoms with E-state index in [-0.39, 0.29) is 5.92 Å². The second-order valence-electron chi connectivity index (χ2n) is 5.73. The van der Waals surface area contributed by atoms with E-state index in [9.17, 15) is 4.79 Å². The zero-order chi connectivity index (χ0) is 12.4. The first-order valence-corrected chi connectivity index (χ1v) is 6.75. The number of hydrogen-bond donors (Lipinski definition) is 1. The average molecular weight is 239 g/mol. The molecule has 0 radical (unpaired) electrons. The first-order valence-electron chi connectivity index (χ1n) is 6.75. The van der Waals surface area contributed by atoms with Gasteiger partial charge in [-0.2, -0.15) is 0 Å². The van der Waals surface area contributed by atoms with Gasteiger partial charge >= 0.3 is 0 Å². The minimum Gasteiger partial charge on any atom is -0.342 e. The Morgan fingerprint density at radius 3 is 2.29 bits per heavy atom. The first-order chi connectivity index (χ1) is 8.09. The molecule has 1 unspecified atom stereocenters. The summed E-state index contributed by atoms with van der Waals surface area (Å²) in [6.07, 6.45) is 2.24. The average Bonchev–Trinajstić information content (AvgIpc) is 2.25. The maximum absolute atomic E-state index is 12.3. The maximum atomic E-state index is 12.3. The lowest BCUT2D eigenvalue weighted by molar-refractivity contribution is -0.138. The molecule has 2 rings (SSSR count). The molecule has 4 heteroatoms. The highest BCUT2D eigenvalue weighted by Gasteiger charge is 2.33. The van der Waals surface area contributed by atoms with E-state index in [1.54, 1.807) is 0 Å². The van der Waals surface area contributed by atoms with Crippen LogP contribution in [-0.4, -0.2) is 62.0 Å². The minimum atomic E-state index is 0.201. The summed E-state index contributed by atoms with van der Waals surface area (Å²) in [5.74, 6) is 1.13. The molecule has 17 heavy (non-hydrogen) atoms. The highest BCUT2D eigenvalue weighted by atomic mass is 16.2. The van der Waals surface area contributed by atoms with Crippen molar-refractivity contribution in [1.29, 1.82) is 0 Å². The maximum Gasteiger partial charge on any atom is 0.225 e. The van der Waals surface area contributed by atoms with Crippen LogP contribution in [0, 0.1) is 11.8 Å². The van der Waals surface area contributed by atoms with Crippen LogP contribution < -0.4 is 5.32 Å². The molecule has 98 valence electrons. The summed E-state index contributed by atoms with van der Waals surface area (Å²) in [4.78, 5) is 16.6. The molecular formula is C13H25N3O. The van der Waals surface area contributed by atoms with Gasteiger partial charge in [-0.1, -0.05) is 6.92 Å². The van der Waals surface area contributed by atoms with E-state index in [2.05, 4.69) is 36.1 Å². The lowest BCUT2D eigenvalue weighted by atomic mass is 9.87. The standard InChI is InChI=1S/C13H25N3O/c1-10(11-8-14-9-11)13(17)16-6-4-12(5-7-16)15(2)3/h10-12,14H,4-9H2,1-3H3. The number of nitrogens with one attached hydrogen (secondary N) is 1. The zero-order valence-corrected chi connectivity index (χ0v) is 11.3. The monoisotopic (exact) mass is 239 g/mol. The predicted molar refractivity (Wildman–Crippen MR) is 68.8 cm³/mol. The Bertz CT molecular complexity index is 268. The van der Waals surface area contributed by atoms with Crippen LogP contribution in [0.3, 0.4) is 0 Å². The summed E-state index contributed by atoms with van der Waals surface area (Å²) < 4.78 is 0. The Kier molecular flexibility index (Phi) is 4.05. The second-order valence-corrected chi connectivity index (χ2v) is 5.73. The molecule has 2 fully saturated rings. The van der Waals surface area contributed by atoms with E-state index in [4.69, 9.17) is 0 Å². The van der Waals surface area contributed by atoms with Crippen LogP contribution in [-0.2, 0) is 4.79 Å². The Hall–Kier alpha value is -0.610. The molecule has 1 amide bonds. The number of amides is 1. The van der Waals surface area contributed by atoms with Gasteiger partial charge in [0.05, 0.1) is 0 Å². The normalized spacial score (nSPS) is 24.8. The fourth-order valence-electron chi connectivity index (χ4n) is 2.76. The van der Waals surface area contributed by atoms with Crippen molar-refractivity contribution in [2.24, 2.45) is 11.8 Å². The molecule has 0 bridgehead atoms. The molecule has 4 nitrogen and oxygen atoms in total. The third-order valence-electron chi connectivity index (χ3n) is 4.42. The lowest BCUT2D eigenvalue weighted by Crippen LogP contribution is -2.52. The van der Waals surface area contributed by atoms with Gasteiger partial charge in [0, 0.05) is 25.0 Å². The number of piperidine rings is 1. The Labute approximate surface area is 104 Å². The summed E-state index contributed by atoms with van der Waals surface area (Å²) in [6, 6.07) is 0.653. The van der Waals surface area contributed by atoms with Crippen LogP contribution in [0.5, 0.6) is 0 Å². The van der Waals surface area contributed by atoms with Crippen LogP contribution in [0.2, 0.25) is 0 Å². The van der Waals surface area contributed by atoms with Gasteiger partial charge in [0.15, 0.2) is 0 Å². The summed E-state index contributed by atoms with van der Waals surface area (Å²) >= 11 is 0. The van der Waals surface area contributed by atoms with E-state index in [1.807, 2.05) is 0 Å². The Morgan fingerprint density at radius 2 is 1.88 bits per heavy atom. The van der Waals surface area contributed by atoms with Crippen molar-refractivity contribution in [3.8, 4) is 0 Å². The van der Waals surface area contributed by atoms with E-state index < -0.39 is 0 Å². The van der Waals surface area contributed by atoms with Crippen molar-refractivity contribution in [3.63, 3.8) is 0 Å². The SMILES string of the molecule is CC(C(=O)N1CCC(N(C)C)CC1)C1CNC1. The number of likely N-dealkylation sites (tertiary alicyclic amines) is 1. The summed E-state index contributed by atoms with van der Waals surface area (Å²) in [7, 11) is 4.26. The molecular weight excluding hydrogens is 214 g/mol. The molecule has 0 aromatic rings. The van der Waals surface area contributed by atoms with E-state index in [0.717, 1.165) is 39.0 Å². The number of hydrogen-bond acceptors (Lipinski definition) is 3. The molecule has 2 aliphatic heterocycles. The third kappa shape index (κ3) is 2.80. The number of carbonyl (C=O) groups is 1. The highest BCUT2D eigenvalue weighted by Crippen LogP contribution is 2.21. The lowest BCUT2D eigenvalue weighted by Gasteiger charge is -2.39. The zero-order valence-electron chi connectivity index (χ0n) is 11.3. The van der Waals surface area contributed by atoms with Crippen molar-refractivity contribution in [3.05, 3.63) is 0 Å². The van der Waals surface area contributed by atoms with E-state index in [0.29, 0.717) is 17.9 Å². The van der Waals surface area contributed by atoms with Crippen LogP contribution in [0.25, 0.3) is 0 Å². The molecule has 1 N–H and O–H groups in total. The molecule has 1 atom stereocenters. The fraction of sp³-hybridized carbons (Fsp3) is 0.923. The van der Waals surface area contributed by atoms with Crippen molar-refractivity contribution in [2.75, 3.05) is 40.3 Å². The second kappa shape index (κ2) is 5.36. The van der Waals surface area contributed by atoms with Gasteiger partial charge in [0.1, 0.15) is 0 Å². The minimum absolute atomic E-state index is 0.201. The van der Waals surface area contributed by atoms with Crippen LogP contribution in [0.15, 0.2) is 0 Å². The van der Waals surface area contributed by atoms with Gasteiger partial charge < -0.3 is 15.1 Å². The van der Waals surface area contributed by atoms with Crippen molar-refractivity contribution in [1.82, 2.24) is 15.1 Å². The predicted octanol–water partition coefficient (Wildman–Crippen LogP) is 0.395. The molecule has 0 aromatic heterocycles. The van der Waals surface area contributed by atoms with Crippen molar-refractivity contribution in [2.45, 2.75) is 25.8 Å². The molecule has 2 saturated heterocycles. The van der Waals surface area contributed by atoms with Gasteiger partial charge in [0.25, 0.3) is 0 Å². The Balaban J connectivity index is 1.81. The van der Waals surface area contributed by atoms with Crippen molar-refractivity contribution < 1.29 is 4.79 Å². The van der Waals surface area contributed by atoms with Gasteiger partial charge in [-0.15, -0.1) is 0 Å². The number of nitrogens with zero attached hydrogens (tertiary/aromatic N) is 2. The highest BCUT2D eigenvalue weighted by molar-refractivity contribution is 5.79. The van der Waals surface area contributed by atoms with Gasteiger partial charge in [-0.25, -0.2) is 0 Å². The van der Waals surface area contributed by atoms with Gasteiger partial charge in [-0.05, 0) is 45.9 Å². The third-order valence-corrected chi connectivity index (χ3v) is 4.42. The summed E-state index contributed by atoms with van der Waals surface area (Å²) in [5.41, 5.74) is 0. The van der Waals surface area contributed by atoms with Gasteiger partial charge in [-0.3, -0.25) is 4.79 Å². The molecule has 0 spiro atoms. The number of carbonyl (C=O) groups excluding carboxylic acids is 1. The quantitative estimate of drug-likeness (QED) is 0.774. The molecule has 0 saturated carbocycles. The largest absolute Gasteiger partial charge is 0.342 e. The van der Waals surface area contributed by atoms with E-state index >= 15 is 0 Å². The molecule has 2 aliphatic rings. The Morgan fingerprint density at radius 1 is 1.29 bits per heavy atom. The first kappa shape index (κ1) is 12.8. The van der Waals surface area contributed by atoms with Gasteiger partial charge in [0.2, 0.25) is 5.91 Å². The summed E-state index contributed by atoms with van der Waals surface area (Å²) in [6.45, 7) is 5.99. The van der Waals surface area contributed by atoms with E-state index in [1.165, 1.54) is 0 Å². The van der Waals surface area contributed by atoms with Crippen LogP contribution in [0.4, 0.5) is 0 Å². The van der Waals surface area contributed by atoms with Crippen LogP contribution in [0.1, 0.15) is 19.8 Å². The fourth-order valence-corrected chi connectivity index (χ4v) is 2.76. The topological polar surface area (TPSA) is 35.6 Å². The van der Waals surface area contributed by atoms with Crippen LogP contribution >= 0.6 is 0 Å². The number of rotatable bonds is 3. The molecule has 0 aromatic carbocycles. The molecule has 2 heterocycles. The molecule has 0 aliphatic carbocycles. The smallest absolute Gasteiger partial charge is 0.225 e. The van der Waals surface area contributed by atoms with Crippen molar-refractivity contribution >= 4 is 5.91 Å². The summed E-state index contributed by atoms with van der Waals surface area (Å²) in [5, 5.41) is 3.24.